The molecule has 0 heterocycles. The number of benzene rings is 3. The molecule has 0 aliphatic rings. The molecule has 0 aromatic heterocycles. The van der Waals surface area contributed by atoms with Gasteiger partial charge in [0.1, 0.15) is 5.75 Å². The summed E-state index contributed by atoms with van der Waals surface area (Å²) in [6.45, 7) is 0. The van der Waals surface area contributed by atoms with E-state index in [0.29, 0.717) is 32.6 Å². The molecule has 0 aliphatic heterocycles. The number of nitrogens with zero attached hydrogens (tertiary/aromatic N) is 1. The lowest BCUT2D eigenvalue weighted by molar-refractivity contribution is -0.136. The maximum atomic E-state index is 12.1. The monoisotopic (exact) mass is 489 g/mol. The van der Waals surface area contributed by atoms with E-state index in [1.165, 1.54) is 30.5 Å². The predicted molar refractivity (Wildman–Crippen MR) is 124 cm³/mol. The lowest BCUT2D eigenvalue weighted by atomic mass is 10.2. The van der Waals surface area contributed by atoms with Crippen molar-refractivity contribution in [3.63, 3.8) is 0 Å². The van der Waals surface area contributed by atoms with Gasteiger partial charge in [0.25, 0.3) is 0 Å². The minimum Gasteiger partial charge on any atom is -0.423 e. The highest BCUT2D eigenvalue weighted by Crippen LogP contribution is 2.25. The van der Waals surface area contributed by atoms with Gasteiger partial charge in [0.2, 0.25) is 0 Å². The average molecular weight is 491 g/mol. The summed E-state index contributed by atoms with van der Waals surface area (Å²) in [6.07, 6.45) is 1.33. The van der Waals surface area contributed by atoms with Gasteiger partial charge in [0, 0.05) is 10.7 Å². The smallest absolute Gasteiger partial charge is 0.343 e. The molecule has 3 aromatic carbocycles. The number of hydrogen-bond acceptors (Lipinski definition) is 5. The Morgan fingerprint density at radius 1 is 0.844 bits per heavy atom. The highest BCUT2D eigenvalue weighted by molar-refractivity contribution is 6.43. The first-order valence-corrected chi connectivity index (χ1v) is 10.1. The van der Waals surface area contributed by atoms with Crippen molar-refractivity contribution >= 4 is 64.5 Å². The van der Waals surface area contributed by atoms with Crippen LogP contribution >= 0.6 is 34.8 Å². The first kappa shape index (κ1) is 23.3. The van der Waals surface area contributed by atoms with Crippen LogP contribution in [0, 0.1) is 0 Å². The van der Waals surface area contributed by atoms with E-state index in [0.717, 1.165) is 0 Å². The molecule has 0 bridgehead atoms. The normalized spacial score (nSPS) is 10.6. The van der Waals surface area contributed by atoms with Crippen LogP contribution in [0.4, 0.5) is 5.69 Å². The Balaban J connectivity index is 1.51. The summed E-state index contributed by atoms with van der Waals surface area (Å²) in [5.41, 5.74) is 3.34. The number of ether oxygens (including phenoxy) is 1. The third-order valence-electron chi connectivity index (χ3n) is 3.91. The minimum atomic E-state index is -0.973. The minimum absolute atomic E-state index is 0.240. The van der Waals surface area contributed by atoms with Crippen LogP contribution in [0.1, 0.15) is 15.9 Å². The van der Waals surface area contributed by atoms with Gasteiger partial charge in [0.05, 0.1) is 21.8 Å². The molecule has 3 aromatic rings. The second-order valence-corrected chi connectivity index (χ2v) is 7.50. The van der Waals surface area contributed by atoms with Crippen LogP contribution in [0.2, 0.25) is 15.1 Å². The SMILES string of the molecule is O=C(N/N=C/c1ccc(OC(=O)c2cccc(Cl)c2)cc1)C(=O)Nc1ccc(Cl)c(Cl)c1. The van der Waals surface area contributed by atoms with Gasteiger partial charge in [-0.3, -0.25) is 9.59 Å². The quantitative estimate of drug-likeness (QED) is 0.174. The van der Waals surface area contributed by atoms with Crippen molar-refractivity contribution in [1.82, 2.24) is 5.43 Å². The van der Waals surface area contributed by atoms with Crippen LogP contribution in [0.25, 0.3) is 0 Å². The van der Waals surface area contributed by atoms with Gasteiger partial charge in [-0.1, -0.05) is 40.9 Å². The van der Waals surface area contributed by atoms with Crippen molar-refractivity contribution in [3.05, 3.63) is 92.9 Å². The highest BCUT2D eigenvalue weighted by Gasteiger charge is 2.13. The highest BCUT2D eigenvalue weighted by atomic mass is 35.5. The molecular formula is C22H14Cl3N3O4. The Labute approximate surface area is 197 Å². The molecule has 0 unspecified atom stereocenters. The first-order chi connectivity index (χ1) is 15.3. The molecule has 0 fully saturated rings. The number of hydrazone groups is 1. The van der Waals surface area contributed by atoms with Crippen molar-refractivity contribution in [3.8, 4) is 5.75 Å². The molecular weight excluding hydrogens is 477 g/mol. The van der Waals surface area contributed by atoms with E-state index < -0.39 is 17.8 Å². The zero-order valence-electron chi connectivity index (χ0n) is 16.1. The summed E-state index contributed by atoms with van der Waals surface area (Å²) in [6, 6.07) is 17.2. The maximum Gasteiger partial charge on any atom is 0.343 e. The fourth-order valence-corrected chi connectivity index (χ4v) is 2.87. The van der Waals surface area contributed by atoms with Crippen LogP contribution in [-0.2, 0) is 9.59 Å². The number of carbonyl (C=O) groups excluding carboxylic acids is 3. The molecule has 2 N–H and O–H groups in total. The molecule has 0 spiro atoms. The molecule has 3 rings (SSSR count). The number of amides is 2. The fraction of sp³-hybridized carbons (Fsp3) is 0. The molecule has 10 heteroatoms. The number of halogens is 3. The van der Waals surface area contributed by atoms with E-state index in [1.807, 2.05) is 0 Å². The Kier molecular flexibility index (Phi) is 7.83. The van der Waals surface area contributed by atoms with Crippen LogP contribution in [0.15, 0.2) is 71.8 Å². The number of carbonyl (C=O) groups is 3. The zero-order valence-corrected chi connectivity index (χ0v) is 18.4. The van der Waals surface area contributed by atoms with Gasteiger partial charge in [-0.05, 0) is 66.2 Å². The summed E-state index contributed by atoms with van der Waals surface area (Å²) in [5.74, 6) is -2.13. The summed E-state index contributed by atoms with van der Waals surface area (Å²) in [7, 11) is 0. The summed E-state index contributed by atoms with van der Waals surface area (Å²) < 4.78 is 5.27. The van der Waals surface area contributed by atoms with Crippen molar-refractivity contribution in [2.24, 2.45) is 5.10 Å². The predicted octanol–water partition coefficient (Wildman–Crippen LogP) is 4.95. The third-order valence-corrected chi connectivity index (χ3v) is 4.89. The molecule has 0 aliphatic carbocycles. The van der Waals surface area contributed by atoms with Crippen molar-refractivity contribution < 1.29 is 19.1 Å². The standard InChI is InChI=1S/C22H14Cl3N3O4/c23-15-3-1-2-14(10-15)22(31)32-17-7-4-13(5-8-17)12-26-28-21(30)20(29)27-16-6-9-18(24)19(25)11-16/h1-12H,(H,27,29)(H,28,30)/b26-12+. The Morgan fingerprint density at radius 3 is 2.28 bits per heavy atom. The summed E-state index contributed by atoms with van der Waals surface area (Å²) in [5, 5.41) is 7.10. The maximum absolute atomic E-state index is 12.1. The number of rotatable bonds is 5. The molecule has 0 atom stereocenters. The van der Waals surface area contributed by atoms with Crippen LogP contribution in [0.3, 0.4) is 0 Å². The molecule has 0 saturated heterocycles. The molecule has 0 saturated carbocycles. The number of hydrogen-bond donors (Lipinski definition) is 2. The van der Waals surface area contributed by atoms with Gasteiger partial charge in [-0.25, -0.2) is 10.2 Å². The molecule has 7 nitrogen and oxygen atoms in total. The van der Waals surface area contributed by atoms with E-state index in [4.69, 9.17) is 39.5 Å². The first-order valence-electron chi connectivity index (χ1n) is 8.99. The van der Waals surface area contributed by atoms with Gasteiger partial charge < -0.3 is 10.1 Å². The molecule has 0 radical (unpaired) electrons. The van der Waals surface area contributed by atoms with Crippen LogP contribution < -0.4 is 15.5 Å². The zero-order chi connectivity index (χ0) is 23.1. The molecule has 32 heavy (non-hydrogen) atoms. The summed E-state index contributed by atoms with van der Waals surface area (Å²) in [4.78, 5) is 35.9. The van der Waals surface area contributed by atoms with E-state index in [-0.39, 0.29) is 5.02 Å². The third kappa shape index (κ3) is 6.55. The Morgan fingerprint density at radius 2 is 1.59 bits per heavy atom. The fourth-order valence-electron chi connectivity index (χ4n) is 2.38. The van der Waals surface area contributed by atoms with E-state index in [2.05, 4.69) is 15.8 Å². The average Bonchev–Trinajstić information content (AvgIpc) is 2.77. The van der Waals surface area contributed by atoms with Gasteiger partial charge in [0.15, 0.2) is 0 Å². The summed E-state index contributed by atoms with van der Waals surface area (Å²) >= 11 is 17.5. The lowest BCUT2D eigenvalue weighted by Gasteiger charge is -2.05. The number of nitrogens with one attached hydrogen (secondary N) is 2. The van der Waals surface area contributed by atoms with E-state index in [1.54, 1.807) is 42.5 Å². The van der Waals surface area contributed by atoms with E-state index in [9.17, 15) is 14.4 Å². The topological polar surface area (TPSA) is 96.9 Å². The van der Waals surface area contributed by atoms with Crippen molar-refractivity contribution in [2.45, 2.75) is 0 Å². The van der Waals surface area contributed by atoms with Crippen LogP contribution in [-0.4, -0.2) is 24.0 Å². The van der Waals surface area contributed by atoms with Gasteiger partial charge in [-0.15, -0.1) is 0 Å². The lowest BCUT2D eigenvalue weighted by Crippen LogP contribution is -2.32. The Hall–Kier alpha value is -3.39. The second-order valence-electron chi connectivity index (χ2n) is 6.25. The van der Waals surface area contributed by atoms with E-state index >= 15 is 0 Å². The van der Waals surface area contributed by atoms with Gasteiger partial charge >= 0.3 is 17.8 Å². The largest absolute Gasteiger partial charge is 0.423 e. The van der Waals surface area contributed by atoms with Crippen molar-refractivity contribution in [2.75, 3.05) is 5.32 Å². The van der Waals surface area contributed by atoms with Crippen LogP contribution in [0.5, 0.6) is 5.75 Å². The second kappa shape index (κ2) is 10.8. The molecule has 2 amide bonds. The number of anilines is 1. The molecule has 162 valence electrons. The number of esters is 1. The van der Waals surface area contributed by atoms with Gasteiger partial charge in [-0.2, -0.15) is 5.10 Å². The Bertz CT molecular complexity index is 1200. The van der Waals surface area contributed by atoms with Crippen molar-refractivity contribution in [1.29, 1.82) is 0 Å².